The summed E-state index contributed by atoms with van der Waals surface area (Å²) in [5.41, 5.74) is 1.92. The summed E-state index contributed by atoms with van der Waals surface area (Å²) in [5.74, 6) is -1.34. The number of piperazine rings is 1. The van der Waals surface area contributed by atoms with Gasteiger partial charge in [0, 0.05) is 43.6 Å². The number of nitrogens with zero attached hydrogens (tertiary/aromatic N) is 7. The molecule has 1 aliphatic rings. The van der Waals surface area contributed by atoms with Crippen molar-refractivity contribution in [3.8, 4) is 22.9 Å². The highest BCUT2D eigenvalue weighted by atomic mass is 19.3. The van der Waals surface area contributed by atoms with Gasteiger partial charge in [-0.25, -0.2) is 9.59 Å². The minimum atomic E-state index is -2.86. The van der Waals surface area contributed by atoms with E-state index in [1.54, 1.807) is 17.0 Å². The summed E-state index contributed by atoms with van der Waals surface area (Å²) in [5, 5.41) is 11.2. The van der Waals surface area contributed by atoms with Crippen molar-refractivity contribution in [2.24, 2.45) is 0 Å². The van der Waals surface area contributed by atoms with Gasteiger partial charge in [0.05, 0.1) is 17.8 Å². The first-order valence-electron chi connectivity index (χ1n) is 12.5. The molecule has 0 aliphatic carbocycles. The Morgan fingerprint density at radius 1 is 0.975 bits per heavy atom. The number of pyridine rings is 1. The first-order valence-corrected chi connectivity index (χ1v) is 12.5. The minimum absolute atomic E-state index is 0.0364. The van der Waals surface area contributed by atoms with Crippen molar-refractivity contribution in [1.29, 1.82) is 0 Å². The molecule has 1 amide bonds. The molecule has 1 aromatic carbocycles. The van der Waals surface area contributed by atoms with Gasteiger partial charge in [-0.05, 0) is 57.2 Å². The predicted molar refractivity (Wildman–Crippen MR) is 138 cm³/mol. The van der Waals surface area contributed by atoms with Gasteiger partial charge in [-0.15, -0.1) is 15.3 Å². The zero-order chi connectivity index (χ0) is 28.4. The quantitative estimate of drug-likeness (QED) is 0.344. The summed E-state index contributed by atoms with van der Waals surface area (Å²) < 4.78 is 42.2. The highest BCUT2D eigenvalue weighted by Crippen LogP contribution is 2.24. The van der Waals surface area contributed by atoms with Crippen LogP contribution in [0.15, 0.2) is 56.2 Å². The Hall–Kier alpha value is -4.62. The van der Waals surface area contributed by atoms with Crippen LogP contribution in [0.3, 0.4) is 0 Å². The smallest absolute Gasteiger partial charge is 0.437 e. The zero-order valence-electron chi connectivity index (χ0n) is 22.1. The van der Waals surface area contributed by atoms with Crippen LogP contribution in [0.5, 0.6) is 0 Å². The Kier molecular flexibility index (Phi) is 7.32. The van der Waals surface area contributed by atoms with Crippen LogP contribution in [0.4, 0.5) is 19.3 Å². The van der Waals surface area contributed by atoms with Gasteiger partial charge >= 0.3 is 18.3 Å². The number of anilines is 1. The van der Waals surface area contributed by atoms with Gasteiger partial charge in [0.15, 0.2) is 0 Å². The summed E-state index contributed by atoms with van der Waals surface area (Å²) in [4.78, 5) is 32.8. The number of carbonyl (C=O) groups excluding carboxylic acids is 1. The van der Waals surface area contributed by atoms with E-state index >= 15 is 0 Å². The summed E-state index contributed by atoms with van der Waals surface area (Å²) in [6.07, 6.45) is -1.79. The number of aromatic nitrogens is 5. The SMILES string of the molecule is CC(C)(C)OC(=O)N1CCN(c2ccc(-c3nn(Cc4ccc(-c5nnc(C(F)F)o5)cn4)c(=O)o3)cc2)CC1. The largest absolute Gasteiger partial charge is 0.444 e. The van der Waals surface area contributed by atoms with Gasteiger partial charge in [0.25, 0.3) is 5.89 Å². The lowest BCUT2D eigenvalue weighted by molar-refractivity contribution is 0.0240. The van der Waals surface area contributed by atoms with E-state index in [-0.39, 0.29) is 24.4 Å². The molecule has 5 rings (SSSR count). The van der Waals surface area contributed by atoms with Crippen LogP contribution in [-0.4, -0.2) is 67.7 Å². The third kappa shape index (κ3) is 6.16. The van der Waals surface area contributed by atoms with Crippen molar-refractivity contribution in [3.63, 3.8) is 0 Å². The average Bonchev–Trinajstić information content (AvgIpc) is 3.56. The summed E-state index contributed by atoms with van der Waals surface area (Å²) >= 11 is 0. The molecule has 0 saturated carbocycles. The first kappa shape index (κ1) is 27.0. The van der Waals surface area contributed by atoms with Gasteiger partial charge in [0.2, 0.25) is 11.8 Å². The van der Waals surface area contributed by atoms with Gasteiger partial charge in [-0.1, -0.05) is 0 Å². The van der Waals surface area contributed by atoms with E-state index in [9.17, 15) is 18.4 Å². The molecule has 4 aromatic rings. The van der Waals surface area contributed by atoms with Gasteiger partial charge in [0.1, 0.15) is 5.60 Å². The van der Waals surface area contributed by atoms with Crippen molar-refractivity contribution in [2.75, 3.05) is 31.1 Å². The average molecular weight is 556 g/mol. The van der Waals surface area contributed by atoms with Crippen molar-refractivity contribution in [2.45, 2.75) is 39.3 Å². The second kappa shape index (κ2) is 10.9. The zero-order valence-corrected chi connectivity index (χ0v) is 22.1. The number of alkyl halides is 2. The molecular weight excluding hydrogens is 528 g/mol. The number of rotatable bonds is 6. The monoisotopic (exact) mass is 555 g/mol. The Morgan fingerprint density at radius 3 is 2.27 bits per heavy atom. The van der Waals surface area contributed by atoms with Crippen LogP contribution in [0.2, 0.25) is 0 Å². The van der Waals surface area contributed by atoms with Crippen molar-refractivity contribution in [1.82, 2.24) is 29.9 Å². The van der Waals surface area contributed by atoms with E-state index in [2.05, 4.69) is 25.2 Å². The van der Waals surface area contributed by atoms with Gasteiger partial charge in [-0.2, -0.15) is 13.5 Å². The third-order valence-electron chi connectivity index (χ3n) is 6.03. The lowest BCUT2D eigenvalue weighted by Crippen LogP contribution is -2.50. The molecule has 1 fully saturated rings. The van der Waals surface area contributed by atoms with E-state index in [4.69, 9.17) is 13.6 Å². The molecule has 4 heterocycles. The number of benzene rings is 1. The minimum Gasteiger partial charge on any atom is -0.444 e. The fourth-order valence-electron chi connectivity index (χ4n) is 4.05. The lowest BCUT2D eigenvalue weighted by atomic mass is 10.2. The van der Waals surface area contributed by atoms with Crippen molar-refractivity contribution in [3.05, 3.63) is 64.7 Å². The third-order valence-corrected chi connectivity index (χ3v) is 6.03. The molecule has 12 nitrogen and oxygen atoms in total. The predicted octanol–water partition coefficient (Wildman–Crippen LogP) is 3.99. The van der Waals surface area contributed by atoms with Crippen LogP contribution in [0, 0.1) is 0 Å². The van der Waals surface area contributed by atoms with Crippen LogP contribution in [0.1, 0.15) is 38.8 Å². The number of halogens is 2. The summed E-state index contributed by atoms with van der Waals surface area (Å²) in [6, 6.07) is 10.6. The van der Waals surface area contributed by atoms with E-state index in [0.29, 0.717) is 43.0 Å². The van der Waals surface area contributed by atoms with Gasteiger partial charge < -0.3 is 23.4 Å². The molecule has 0 spiro atoms. The molecule has 0 bridgehead atoms. The molecule has 14 heteroatoms. The molecule has 0 atom stereocenters. The van der Waals surface area contributed by atoms with Crippen LogP contribution >= 0.6 is 0 Å². The standard InChI is InChI=1S/C26H27F2N7O5/c1-26(2,3)40-24(36)34-12-10-33(11-13-34)19-8-5-16(6-9-19)22-32-35(25(37)39-22)15-18-7-4-17(14-29-18)21-30-31-23(38-21)20(27)28/h4-9,14,20H,10-13,15H2,1-3H3. The van der Waals surface area contributed by atoms with E-state index in [1.807, 2.05) is 45.0 Å². The Bertz CT molecular complexity index is 1520. The second-order valence-corrected chi connectivity index (χ2v) is 10.1. The fourth-order valence-corrected chi connectivity index (χ4v) is 4.05. The molecule has 40 heavy (non-hydrogen) atoms. The highest BCUT2D eigenvalue weighted by Gasteiger charge is 2.26. The number of ether oxygens (including phenoxy) is 1. The summed E-state index contributed by atoms with van der Waals surface area (Å²) in [7, 11) is 0. The number of hydrogen-bond donors (Lipinski definition) is 0. The molecule has 0 unspecified atom stereocenters. The van der Waals surface area contributed by atoms with Crippen molar-refractivity contribution < 1.29 is 27.1 Å². The van der Waals surface area contributed by atoms with E-state index < -0.39 is 23.7 Å². The molecule has 210 valence electrons. The normalized spacial score (nSPS) is 14.2. The first-order chi connectivity index (χ1) is 19.1. The summed E-state index contributed by atoms with van der Waals surface area (Å²) in [6.45, 7) is 8.00. The second-order valence-electron chi connectivity index (χ2n) is 10.1. The molecule has 1 aliphatic heterocycles. The maximum absolute atomic E-state index is 12.7. The Morgan fingerprint density at radius 2 is 1.68 bits per heavy atom. The number of amides is 1. The number of hydrogen-bond acceptors (Lipinski definition) is 10. The van der Waals surface area contributed by atoms with E-state index in [1.165, 1.54) is 6.20 Å². The molecule has 0 radical (unpaired) electrons. The Balaban J connectivity index is 1.20. The maximum Gasteiger partial charge on any atom is 0.437 e. The topological polar surface area (TPSA) is 133 Å². The van der Waals surface area contributed by atoms with Crippen LogP contribution in [0.25, 0.3) is 22.9 Å². The molecule has 0 N–H and O–H groups in total. The Labute approximate surface area is 227 Å². The fraction of sp³-hybridized carbons (Fsp3) is 0.385. The lowest BCUT2D eigenvalue weighted by Gasteiger charge is -2.36. The van der Waals surface area contributed by atoms with Crippen LogP contribution < -0.4 is 10.7 Å². The van der Waals surface area contributed by atoms with Crippen molar-refractivity contribution >= 4 is 11.8 Å². The highest BCUT2D eigenvalue weighted by molar-refractivity contribution is 5.69. The molecular formula is C26H27F2N7O5. The van der Waals surface area contributed by atoms with Crippen LogP contribution in [-0.2, 0) is 11.3 Å². The van der Waals surface area contributed by atoms with E-state index in [0.717, 1.165) is 10.4 Å². The molecule has 3 aromatic heterocycles. The molecule has 1 saturated heterocycles. The van der Waals surface area contributed by atoms with Gasteiger partial charge in [-0.3, -0.25) is 4.98 Å². The number of carbonyl (C=O) groups is 1. The maximum atomic E-state index is 12.7.